The van der Waals surface area contributed by atoms with Gasteiger partial charge in [0.1, 0.15) is 0 Å². The number of phenolic OH excluding ortho intramolecular Hbond substituents is 2. The van der Waals surface area contributed by atoms with Crippen molar-refractivity contribution in [1.82, 2.24) is 5.32 Å². The van der Waals surface area contributed by atoms with Crippen molar-refractivity contribution in [2.24, 2.45) is 0 Å². The fourth-order valence-electron chi connectivity index (χ4n) is 2.88. The molecular formula is C16H20Br2N2O2. The second-order valence-electron chi connectivity index (χ2n) is 5.14. The Morgan fingerprint density at radius 1 is 1.09 bits per heavy atom. The quantitative estimate of drug-likeness (QED) is 0.413. The Kier molecular flexibility index (Phi) is 6.71. The van der Waals surface area contributed by atoms with Gasteiger partial charge < -0.3 is 21.3 Å². The molecule has 5 N–H and O–H groups in total. The molecule has 1 aliphatic rings. The van der Waals surface area contributed by atoms with Crippen LogP contribution < -0.4 is 11.1 Å². The first-order chi connectivity index (χ1) is 9.68. The Labute approximate surface area is 150 Å². The Morgan fingerprint density at radius 2 is 1.77 bits per heavy atom. The van der Waals surface area contributed by atoms with Crippen molar-refractivity contribution in [2.45, 2.75) is 12.3 Å². The van der Waals surface area contributed by atoms with E-state index >= 15 is 0 Å². The van der Waals surface area contributed by atoms with Crippen LogP contribution in [0.4, 0.5) is 5.69 Å². The highest BCUT2D eigenvalue weighted by molar-refractivity contribution is 8.93. The van der Waals surface area contributed by atoms with Gasteiger partial charge in [0.25, 0.3) is 0 Å². The summed E-state index contributed by atoms with van der Waals surface area (Å²) < 4.78 is 0. The molecule has 1 unspecified atom stereocenters. The average Bonchev–Trinajstić information content (AvgIpc) is 2.68. The molecule has 0 bridgehead atoms. The molecule has 1 heterocycles. The number of phenols is 2. The van der Waals surface area contributed by atoms with Gasteiger partial charge in [-0.15, -0.1) is 34.0 Å². The summed E-state index contributed by atoms with van der Waals surface area (Å²) >= 11 is 0. The lowest BCUT2D eigenvalue weighted by molar-refractivity contribution is 0.404. The SMILES string of the molecule is Br.Br.Nc1c(O)c(O)cc2c1CCNCC2c1ccccc1. The molecule has 0 spiro atoms. The minimum absolute atomic E-state index is 0. The number of nitrogens with two attached hydrogens (primary N) is 1. The van der Waals surface area contributed by atoms with Crippen LogP contribution >= 0.6 is 34.0 Å². The number of hydrogen-bond acceptors (Lipinski definition) is 4. The number of hydrogen-bond donors (Lipinski definition) is 4. The lowest BCUT2D eigenvalue weighted by Crippen LogP contribution is -2.20. The van der Waals surface area contributed by atoms with E-state index in [9.17, 15) is 10.2 Å². The van der Waals surface area contributed by atoms with E-state index in [4.69, 9.17) is 5.73 Å². The van der Waals surface area contributed by atoms with Gasteiger partial charge in [0.2, 0.25) is 0 Å². The predicted octanol–water partition coefficient (Wildman–Crippen LogP) is 3.11. The molecule has 0 aromatic heterocycles. The van der Waals surface area contributed by atoms with Gasteiger partial charge in [-0.1, -0.05) is 30.3 Å². The number of rotatable bonds is 1. The molecule has 6 heteroatoms. The van der Waals surface area contributed by atoms with E-state index in [0.29, 0.717) is 5.69 Å². The molecule has 0 fully saturated rings. The van der Waals surface area contributed by atoms with Crippen molar-refractivity contribution in [3.63, 3.8) is 0 Å². The van der Waals surface area contributed by atoms with E-state index in [1.54, 1.807) is 6.07 Å². The molecular weight excluding hydrogens is 412 g/mol. The van der Waals surface area contributed by atoms with Crippen molar-refractivity contribution in [3.05, 3.63) is 53.1 Å². The molecule has 2 aromatic rings. The highest BCUT2D eigenvalue weighted by atomic mass is 79.9. The first kappa shape index (κ1) is 18.8. The molecule has 120 valence electrons. The molecule has 4 nitrogen and oxygen atoms in total. The molecule has 1 atom stereocenters. The molecule has 0 saturated carbocycles. The zero-order chi connectivity index (χ0) is 14.1. The standard InChI is InChI=1S/C16H18N2O2.2BrH/c17-15-11-6-7-18-9-13(10-4-2-1-3-5-10)12(11)8-14(19)16(15)20;;/h1-5,8,13,18-20H,6-7,9,17H2;2*1H. The first-order valence-corrected chi connectivity index (χ1v) is 6.77. The van der Waals surface area contributed by atoms with Gasteiger partial charge in [0.15, 0.2) is 11.5 Å². The molecule has 0 amide bonds. The number of aromatic hydroxyl groups is 2. The Bertz CT molecular complexity index is 636. The van der Waals surface area contributed by atoms with E-state index in [2.05, 4.69) is 17.4 Å². The van der Waals surface area contributed by atoms with Gasteiger partial charge in [-0.3, -0.25) is 0 Å². The van der Waals surface area contributed by atoms with E-state index in [0.717, 1.165) is 30.6 Å². The van der Waals surface area contributed by atoms with Gasteiger partial charge in [0, 0.05) is 12.5 Å². The number of halogens is 2. The highest BCUT2D eigenvalue weighted by Gasteiger charge is 2.24. The predicted molar refractivity (Wildman–Crippen MR) is 99.7 cm³/mol. The summed E-state index contributed by atoms with van der Waals surface area (Å²) in [5.41, 5.74) is 9.37. The summed E-state index contributed by atoms with van der Waals surface area (Å²) in [7, 11) is 0. The van der Waals surface area contributed by atoms with E-state index < -0.39 is 0 Å². The Hall–Kier alpha value is -1.24. The van der Waals surface area contributed by atoms with Gasteiger partial charge in [-0.25, -0.2) is 0 Å². The van der Waals surface area contributed by atoms with E-state index in [1.165, 1.54) is 5.56 Å². The fourth-order valence-corrected chi connectivity index (χ4v) is 2.88. The number of nitrogens with one attached hydrogen (secondary N) is 1. The van der Waals surface area contributed by atoms with Crippen LogP contribution in [0.15, 0.2) is 36.4 Å². The first-order valence-electron chi connectivity index (χ1n) is 6.77. The molecule has 0 aliphatic carbocycles. The molecule has 0 radical (unpaired) electrons. The van der Waals surface area contributed by atoms with Crippen LogP contribution in [0.3, 0.4) is 0 Å². The number of fused-ring (bicyclic) bond motifs is 1. The number of anilines is 1. The second kappa shape index (κ2) is 7.85. The van der Waals surface area contributed by atoms with Crippen molar-refractivity contribution < 1.29 is 10.2 Å². The van der Waals surface area contributed by atoms with Crippen LogP contribution in [0.5, 0.6) is 11.5 Å². The van der Waals surface area contributed by atoms with Gasteiger partial charge >= 0.3 is 0 Å². The summed E-state index contributed by atoms with van der Waals surface area (Å²) in [4.78, 5) is 0. The normalized spacial score (nSPS) is 16.6. The maximum absolute atomic E-state index is 9.86. The van der Waals surface area contributed by atoms with Crippen molar-refractivity contribution in [1.29, 1.82) is 0 Å². The zero-order valence-electron chi connectivity index (χ0n) is 12.0. The van der Waals surface area contributed by atoms with Gasteiger partial charge in [0.05, 0.1) is 5.69 Å². The third-order valence-electron chi connectivity index (χ3n) is 3.94. The monoisotopic (exact) mass is 430 g/mol. The minimum Gasteiger partial charge on any atom is -0.504 e. The maximum atomic E-state index is 9.86. The molecule has 3 rings (SSSR count). The van der Waals surface area contributed by atoms with Gasteiger partial charge in [-0.2, -0.15) is 0 Å². The minimum atomic E-state index is -0.211. The van der Waals surface area contributed by atoms with Crippen LogP contribution in [0, 0.1) is 0 Å². The number of benzene rings is 2. The average molecular weight is 432 g/mol. The smallest absolute Gasteiger partial charge is 0.181 e. The Morgan fingerprint density at radius 3 is 2.45 bits per heavy atom. The third kappa shape index (κ3) is 3.39. The largest absolute Gasteiger partial charge is 0.504 e. The lowest BCUT2D eigenvalue weighted by Gasteiger charge is -2.20. The molecule has 22 heavy (non-hydrogen) atoms. The van der Waals surface area contributed by atoms with Crippen LogP contribution in [-0.4, -0.2) is 23.3 Å². The third-order valence-corrected chi connectivity index (χ3v) is 3.94. The fraction of sp³-hybridized carbons (Fsp3) is 0.250. The summed E-state index contributed by atoms with van der Waals surface area (Å²) in [6.07, 6.45) is 0.748. The van der Waals surface area contributed by atoms with Crippen molar-refractivity contribution >= 4 is 39.7 Å². The summed E-state index contributed by atoms with van der Waals surface area (Å²) in [6, 6.07) is 11.8. The van der Waals surface area contributed by atoms with Crippen LogP contribution in [0.1, 0.15) is 22.6 Å². The lowest BCUT2D eigenvalue weighted by atomic mass is 9.87. The summed E-state index contributed by atoms with van der Waals surface area (Å²) in [6.45, 7) is 1.60. The summed E-state index contributed by atoms with van der Waals surface area (Å²) in [5.74, 6) is -0.232. The molecule has 2 aromatic carbocycles. The topological polar surface area (TPSA) is 78.5 Å². The van der Waals surface area contributed by atoms with Crippen molar-refractivity contribution in [3.8, 4) is 11.5 Å². The zero-order valence-corrected chi connectivity index (χ0v) is 15.4. The number of nitrogen functional groups attached to an aromatic ring is 1. The maximum Gasteiger partial charge on any atom is 0.181 e. The van der Waals surface area contributed by atoms with Crippen LogP contribution in [-0.2, 0) is 6.42 Å². The second-order valence-corrected chi connectivity index (χ2v) is 5.14. The Balaban J connectivity index is 0.00000121. The van der Waals surface area contributed by atoms with Crippen LogP contribution in [0.25, 0.3) is 0 Å². The van der Waals surface area contributed by atoms with Crippen LogP contribution in [0.2, 0.25) is 0 Å². The molecule has 0 saturated heterocycles. The van der Waals surface area contributed by atoms with E-state index in [1.807, 2.05) is 18.2 Å². The van der Waals surface area contributed by atoms with Gasteiger partial charge in [-0.05, 0) is 35.7 Å². The van der Waals surface area contributed by atoms with Crippen molar-refractivity contribution in [2.75, 3.05) is 18.8 Å². The molecule has 1 aliphatic heterocycles. The van der Waals surface area contributed by atoms with E-state index in [-0.39, 0.29) is 51.4 Å². The summed E-state index contributed by atoms with van der Waals surface area (Å²) in [5, 5.41) is 23.1. The highest BCUT2D eigenvalue weighted by Crippen LogP contribution is 2.41.